The van der Waals surface area contributed by atoms with Crippen LogP contribution in [-0.4, -0.2) is 23.9 Å². The Bertz CT molecular complexity index is 83.3. The second-order valence-electron chi connectivity index (χ2n) is 3.00. The molecular weight excluding hydrogens is 128 g/mol. The van der Waals surface area contributed by atoms with E-state index in [4.69, 9.17) is 4.74 Å². The van der Waals surface area contributed by atoms with Gasteiger partial charge in [-0.1, -0.05) is 12.8 Å². The third kappa shape index (κ3) is 2.27. The molecule has 2 nitrogen and oxygen atoms in total. The summed E-state index contributed by atoms with van der Waals surface area (Å²) in [6.45, 7) is 2.63. The van der Waals surface area contributed by atoms with Crippen molar-refractivity contribution in [3.05, 3.63) is 0 Å². The van der Waals surface area contributed by atoms with Gasteiger partial charge in [-0.05, 0) is 19.8 Å². The fourth-order valence-corrected chi connectivity index (χ4v) is 1.32. The minimum Gasteiger partial charge on any atom is -0.391 e. The summed E-state index contributed by atoms with van der Waals surface area (Å²) in [5, 5.41) is 9.18. The molecule has 1 fully saturated rings. The van der Waals surface area contributed by atoms with Crippen molar-refractivity contribution >= 4 is 0 Å². The van der Waals surface area contributed by atoms with Crippen LogP contribution in [0.5, 0.6) is 0 Å². The third-order valence-electron chi connectivity index (χ3n) is 2.00. The highest BCUT2D eigenvalue weighted by Gasteiger charge is 2.16. The van der Waals surface area contributed by atoms with E-state index in [0.29, 0.717) is 0 Å². The summed E-state index contributed by atoms with van der Waals surface area (Å²) in [7, 11) is 0. The van der Waals surface area contributed by atoms with Gasteiger partial charge in [-0.15, -0.1) is 0 Å². The number of hydrogen-bond acceptors (Lipinski definition) is 2. The highest BCUT2D eigenvalue weighted by atomic mass is 16.5. The minimum atomic E-state index is -0.293. The van der Waals surface area contributed by atoms with Crippen LogP contribution in [0.25, 0.3) is 0 Å². The van der Waals surface area contributed by atoms with Crippen LogP contribution in [0, 0.1) is 0 Å². The lowest BCUT2D eigenvalue weighted by molar-refractivity contribution is -0.0259. The summed E-state index contributed by atoms with van der Waals surface area (Å²) < 4.78 is 5.41. The molecule has 1 N–H and O–H groups in total. The zero-order valence-corrected chi connectivity index (χ0v) is 6.55. The van der Waals surface area contributed by atoms with E-state index in [0.717, 1.165) is 19.4 Å². The third-order valence-corrected chi connectivity index (χ3v) is 2.00. The van der Waals surface area contributed by atoms with Gasteiger partial charge in [0.2, 0.25) is 0 Å². The molecule has 0 saturated carbocycles. The zero-order valence-electron chi connectivity index (χ0n) is 6.55. The maximum Gasteiger partial charge on any atom is 0.0831 e. The van der Waals surface area contributed by atoms with Crippen LogP contribution in [0.2, 0.25) is 0 Å². The molecule has 1 saturated heterocycles. The molecule has 2 heteroatoms. The Kier molecular flexibility index (Phi) is 3.16. The Labute approximate surface area is 62.2 Å². The van der Waals surface area contributed by atoms with Gasteiger partial charge in [0.25, 0.3) is 0 Å². The Balaban J connectivity index is 2.28. The second-order valence-corrected chi connectivity index (χ2v) is 3.00. The number of aliphatic hydroxyl groups excluding tert-OH is 1. The number of ether oxygens (including phenoxy) is 1. The van der Waals surface area contributed by atoms with Crippen LogP contribution in [0.3, 0.4) is 0 Å². The summed E-state index contributed by atoms with van der Waals surface area (Å²) in [6, 6.07) is 0. The maximum absolute atomic E-state index is 9.18. The van der Waals surface area contributed by atoms with Gasteiger partial charge in [-0.25, -0.2) is 0 Å². The van der Waals surface area contributed by atoms with Crippen molar-refractivity contribution in [2.45, 2.75) is 44.8 Å². The minimum absolute atomic E-state index is 0.0995. The van der Waals surface area contributed by atoms with Gasteiger partial charge in [-0.2, -0.15) is 0 Å². The largest absolute Gasteiger partial charge is 0.391 e. The van der Waals surface area contributed by atoms with Crippen molar-refractivity contribution in [2.24, 2.45) is 0 Å². The topological polar surface area (TPSA) is 29.5 Å². The molecule has 1 aliphatic rings. The van der Waals surface area contributed by atoms with Crippen LogP contribution < -0.4 is 0 Å². The van der Waals surface area contributed by atoms with Gasteiger partial charge in [0.05, 0.1) is 12.2 Å². The summed E-state index contributed by atoms with van der Waals surface area (Å²) in [5.74, 6) is 0. The van der Waals surface area contributed by atoms with Crippen LogP contribution in [0.15, 0.2) is 0 Å². The van der Waals surface area contributed by atoms with E-state index in [-0.39, 0.29) is 12.2 Å². The lowest BCUT2D eigenvalue weighted by Crippen LogP contribution is -2.25. The smallest absolute Gasteiger partial charge is 0.0831 e. The number of rotatable bonds is 1. The lowest BCUT2D eigenvalue weighted by Gasteiger charge is -2.17. The van der Waals surface area contributed by atoms with Gasteiger partial charge >= 0.3 is 0 Å². The molecule has 0 bridgehead atoms. The summed E-state index contributed by atoms with van der Waals surface area (Å²) >= 11 is 0. The first-order valence-electron chi connectivity index (χ1n) is 4.10. The summed E-state index contributed by atoms with van der Waals surface area (Å²) in [6.07, 6.45) is 4.44. The van der Waals surface area contributed by atoms with Crippen molar-refractivity contribution in [2.75, 3.05) is 6.61 Å². The van der Waals surface area contributed by atoms with E-state index in [2.05, 4.69) is 0 Å². The molecule has 0 aromatic heterocycles. The predicted molar refractivity (Wildman–Crippen MR) is 39.9 cm³/mol. The normalized spacial score (nSPS) is 31.2. The highest BCUT2D eigenvalue weighted by molar-refractivity contribution is 4.67. The average Bonchev–Trinajstić information content (AvgIpc) is 2.12. The molecular formula is C8H16O2. The summed E-state index contributed by atoms with van der Waals surface area (Å²) in [5.41, 5.74) is 0. The van der Waals surface area contributed by atoms with Gasteiger partial charge in [0.15, 0.2) is 0 Å². The van der Waals surface area contributed by atoms with Gasteiger partial charge < -0.3 is 9.84 Å². The first-order chi connectivity index (χ1) is 4.80. The van der Waals surface area contributed by atoms with Crippen LogP contribution in [0.4, 0.5) is 0 Å². The highest BCUT2D eigenvalue weighted by Crippen LogP contribution is 2.15. The Hall–Kier alpha value is -0.0800. The molecule has 0 radical (unpaired) electrons. The fraction of sp³-hybridized carbons (Fsp3) is 1.00. The maximum atomic E-state index is 9.18. The summed E-state index contributed by atoms with van der Waals surface area (Å²) in [4.78, 5) is 0. The Morgan fingerprint density at radius 1 is 1.40 bits per heavy atom. The first-order valence-corrected chi connectivity index (χ1v) is 4.10. The SMILES string of the molecule is CC(O)C1CCCCCO1. The van der Waals surface area contributed by atoms with Crippen LogP contribution in [-0.2, 0) is 4.74 Å². The molecule has 0 aromatic carbocycles. The molecule has 0 aromatic rings. The fourth-order valence-electron chi connectivity index (χ4n) is 1.32. The average molecular weight is 144 g/mol. The number of hydrogen-bond donors (Lipinski definition) is 1. The van der Waals surface area contributed by atoms with Crippen LogP contribution >= 0.6 is 0 Å². The quantitative estimate of drug-likeness (QED) is 0.601. The zero-order chi connectivity index (χ0) is 7.40. The Morgan fingerprint density at radius 2 is 2.20 bits per heavy atom. The van der Waals surface area contributed by atoms with E-state index < -0.39 is 0 Å². The lowest BCUT2D eigenvalue weighted by atomic mass is 10.1. The van der Waals surface area contributed by atoms with E-state index >= 15 is 0 Å². The molecule has 60 valence electrons. The molecule has 1 aliphatic heterocycles. The standard InChI is InChI=1S/C8H16O2/c1-7(9)8-5-3-2-4-6-10-8/h7-9H,2-6H2,1H3. The molecule has 10 heavy (non-hydrogen) atoms. The van der Waals surface area contributed by atoms with E-state index in [1.165, 1.54) is 12.8 Å². The molecule has 0 spiro atoms. The monoisotopic (exact) mass is 144 g/mol. The van der Waals surface area contributed by atoms with Crippen molar-refractivity contribution < 1.29 is 9.84 Å². The molecule has 2 atom stereocenters. The Morgan fingerprint density at radius 3 is 2.90 bits per heavy atom. The molecule has 1 heterocycles. The van der Waals surface area contributed by atoms with Crippen molar-refractivity contribution in [3.63, 3.8) is 0 Å². The van der Waals surface area contributed by atoms with Crippen LogP contribution in [0.1, 0.15) is 32.6 Å². The van der Waals surface area contributed by atoms with Crippen molar-refractivity contribution in [3.8, 4) is 0 Å². The first kappa shape index (κ1) is 8.02. The van der Waals surface area contributed by atoms with E-state index in [1.807, 2.05) is 0 Å². The second kappa shape index (κ2) is 3.94. The number of aliphatic hydroxyl groups is 1. The van der Waals surface area contributed by atoms with Crippen molar-refractivity contribution in [1.29, 1.82) is 0 Å². The van der Waals surface area contributed by atoms with E-state index in [9.17, 15) is 5.11 Å². The molecule has 0 amide bonds. The molecule has 0 aliphatic carbocycles. The van der Waals surface area contributed by atoms with E-state index in [1.54, 1.807) is 6.92 Å². The van der Waals surface area contributed by atoms with Crippen molar-refractivity contribution in [1.82, 2.24) is 0 Å². The molecule has 1 rings (SSSR count). The van der Waals surface area contributed by atoms with Gasteiger partial charge in [-0.3, -0.25) is 0 Å². The predicted octanol–water partition coefficient (Wildman–Crippen LogP) is 1.33. The van der Waals surface area contributed by atoms with Gasteiger partial charge in [0, 0.05) is 6.61 Å². The molecule has 2 unspecified atom stereocenters. The van der Waals surface area contributed by atoms with Gasteiger partial charge in [0.1, 0.15) is 0 Å².